The second-order valence-corrected chi connectivity index (χ2v) is 7.21. The highest BCUT2D eigenvalue weighted by Gasteiger charge is 2.20. The summed E-state index contributed by atoms with van der Waals surface area (Å²) in [5.74, 6) is 0.953. The van der Waals surface area contributed by atoms with Crippen molar-refractivity contribution in [1.82, 2.24) is 20.2 Å². The molecule has 29 heavy (non-hydrogen) atoms. The average Bonchev–Trinajstić information content (AvgIpc) is 2.97. The molecule has 156 valence electrons. The Balaban J connectivity index is 1.61. The minimum absolute atomic E-state index is 0.0124. The van der Waals surface area contributed by atoms with Crippen LogP contribution in [0, 0.1) is 5.82 Å². The van der Waals surface area contributed by atoms with Crippen LogP contribution in [0.1, 0.15) is 26.2 Å². The summed E-state index contributed by atoms with van der Waals surface area (Å²) >= 11 is 5.80. The number of hydrogen-bond donors (Lipinski definition) is 1. The zero-order chi connectivity index (χ0) is 20.6. The van der Waals surface area contributed by atoms with Gasteiger partial charge in [-0.25, -0.2) is 19.2 Å². The van der Waals surface area contributed by atoms with E-state index in [4.69, 9.17) is 16.3 Å². The molecule has 9 heteroatoms. The molecule has 1 saturated heterocycles. The van der Waals surface area contributed by atoms with Crippen LogP contribution in [0.25, 0.3) is 0 Å². The van der Waals surface area contributed by atoms with Crippen molar-refractivity contribution in [3.05, 3.63) is 41.4 Å². The van der Waals surface area contributed by atoms with Gasteiger partial charge in [-0.2, -0.15) is 0 Å². The molecule has 7 nitrogen and oxygen atoms in total. The third-order valence-electron chi connectivity index (χ3n) is 4.65. The van der Waals surface area contributed by atoms with E-state index in [0.29, 0.717) is 37.8 Å². The molecule has 3 rings (SSSR count). The van der Waals surface area contributed by atoms with Crippen LogP contribution in [-0.2, 0) is 0 Å². The lowest BCUT2D eigenvalue weighted by Crippen LogP contribution is -2.42. The molecule has 2 aromatic rings. The summed E-state index contributed by atoms with van der Waals surface area (Å²) in [6.45, 7) is 5.57. The maximum Gasteiger partial charge on any atom is 0.317 e. The number of unbranched alkanes of at least 4 members (excludes halogenated alkanes) is 1. The SMILES string of the molecule is CCCCNC(=O)N1CCCN(c2cc(Oc3ccc(F)c(Cl)c3)ncn2)CC1. The van der Waals surface area contributed by atoms with E-state index in [2.05, 4.69) is 27.1 Å². The average molecular weight is 422 g/mol. The van der Waals surface area contributed by atoms with Crippen LogP contribution in [0.15, 0.2) is 30.6 Å². The molecular weight excluding hydrogens is 397 g/mol. The van der Waals surface area contributed by atoms with Crippen molar-refractivity contribution in [2.45, 2.75) is 26.2 Å². The van der Waals surface area contributed by atoms with E-state index in [9.17, 15) is 9.18 Å². The van der Waals surface area contributed by atoms with Crippen LogP contribution in [-0.4, -0.2) is 53.6 Å². The van der Waals surface area contributed by atoms with Gasteiger partial charge in [-0.05, 0) is 25.0 Å². The molecule has 0 saturated carbocycles. The van der Waals surface area contributed by atoms with Crippen LogP contribution in [0.2, 0.25) is 5.02 Å². The standard InChI is InChI=1S/C20H25ClFN5O2/c1-2-3-7-23-20(28)27-9-4-8-26(10-11-27)18-13-19(25-14-24-18)29-15-5-6-17(22)16(21)12-15/h5-6,12-14H,2-4,7-11H2,1H3,(H,23,28). The first-order valence-electron chi connectivity index (χ1n) is 9.79. The summed E-state index contributed by atoms with van der Waals surface area (Å²) in [5.41, 5.74) is 0. The molecule has 0 aliphatic carbocycles. The first-order chi connectivity index (χ1) is 14.1. The van der Waals surface area contributed by atoms with Crippen LogP contribution in [0.3, 0.4) is 0 Å². The monoisotopic (exact) mass is 421 g/mol. The Labute approximate surface area is 174 Å². The Hall–Kier alpha value is -2.61. The summed E-state index contributed by atoms with van der Waals surface area (Å²) in [7, 11) is 0. The lowest BCUT2D eigenvalue weighted by Gasteiger charge is -2.23. The number of nitrogens with one attached hydrogen (secondary N) is 1. The molecule has 0 bridgehead atoms. The van der Waals surface area contributed by atoms with Crippen molar-refractivity contribution in [3.8, 4) is 11.6 Å². The number of rotatable bonds is 6. The van der Waals surface area contributed by atoms with Crippen molar-refractivity contribution >= 4 is 23.4 Å². The van der Waals surface area contributed by atoms with Gasteiger partial charge in [0, 0.05) is 44.9 Å². The number of benzene rings is 1. The van der Waals surface area contributed by atoms with Gasteiger partial charge in [0.15, 0.2) is 0 Å². The molecule has 0 radical (unpaired) electrons. The molecule has 0 atom stereocenters. The molecule has 1 aromatic heterocycles. The molecule has 1 aliphatic heterocycles. The van der Waals surface area contributed by atoms with E-state index >= 15 is 0 Å². The largest absolute Gasteiger partial charge is 0.439 e. The smallest absolute Gasteiger partial charge is 0.317 e. The highest BCUT2D eigenvalue weighted by Crippen LogP contribution is 2.26. The van der Waals surface area contributed by atoms with Crippen LogP contribution in [0.4, 0.5) is 15.0 Å². The van der Waals surface area contributed by atoms with Crippen LogP contribution in [0.5, 0.6) is 11.6 Å². The van der Waals surface area contributed by atoms with Gasteiger partial charge in [-0.3, -0.25) is 0 Å². The molecular formula is C20H25ClFN5O2. The number of ether oxygens (including phenoxy) is 1. The van der Waals surface area contributed by atoms with E-state index in [1.807, 2.05) is 4.90 Å². The number of halogens is 2. The Morgan fingerprint density at radius 1 is 1.24 bits per heavy atom. The van der Waals surface area contributed by atoms with Crippen molar-refractivity contribution in [1.29, 1.82) is 0 Å². The van der Waals surface area contributed by atoms with E-state index in [-0.39, 0.29) is 11.1 Å². The zero-order valence-electron chi connectivity index (χ0n) is 16.4. The van der Waals surface area contributed by atoms with Crippen LogP contribution < -0.4 is 15.0 Å². The molecule has 1 fully saturated rings. The van der Waals surface area contributed by atoms with Gasteiger partial charge in [0.05, 0.1) is 5.02 Å². The number of urea groups is 1. The third kappa shape index (κ3) is 5.93. The van der Waals surface area contributed by atoms with Gasteiger partial charge < -0.3 is 19.9 Å². The summed E-state index contributed by atoms with van der Waals surface area (Å²) in [5, 5.41) is 2.95. The highest BCUT2D eigenvalue weighted by molar-refractivity contribution is 6.30. The van der Waals surface area contributed by atoms with Gasteiger partial charge in [-0.15, -0.1) is 0 Å². The fraction of sp³-hybridized carbons (Fsp3) is 0.450. The maximum atomic E-state index is 13.3. The minimum Gasteiger partial charge on any atom is -0.439 e. The van der Waals surface area contributed by atoms with E-state index in [1.165, 1.54) is 24.5 Å². The van der Waals surface area contributed by atoms with Crippen molar-refractivity contribution in [2.24, 2.45) is 0 Å². The predicted octanol–water partition coefficient (Wildman–Crippen LogP) is 4.08. The molecule has 1 aliphatic rings. The first-order valence-corrected chi connectivity index (χ1v) is 10.2. The number of hydrogen-bond acceptors (Lipinski definition) is 5. The predicted molar refractivity (Wildman–Crippen MR) is 110 cm³/mol. The second-order valence-electron chi connectivity index (χ2n) is 6.81. The molecule has 1 aromatic carbocycles. The number of anilines is 1. The Kier molecular flexibility index (Phi) is 7.46. The summed E-state index contributed by atoms with van der Waals surface area (Å²) in [6.07, 6.45) is 4.30. The molecule has 2 amide bonds. The fourth-order valence-electron chi connectivity index (χ4n) is 3.05. The van der Waals surface area contributed by atoms with Crippen molar-refractivity contribution < 1.29 is 13.9 Å². The normalized spacial score (nSPS) is 14.4. The Bertz CT molecular complexity index is 838. The number of carbonyl (C=O) groups is 1. The van der Waals surface area contributed by atoms with E-state index in [1.54, 1.807) is 6.07 Å². The summed E-state index contributed by atoms with van der Waals surface area (Å²) in [4.78, 5) is 24.7. The van der Waals surface area contributed by atoms with Gasteiger partial charge in [0.25, 0.3) is 0 Å². The Morgan fingerprint density at radius 2 is 2.10 bits per heavy atom. The number of carbonyl (C=O) groups excluding carboxylic acids is 1. The van der Waals surface area contributed by atoms with Crippen molar-refractivity contribution in [3.63, 3.8) is 0 Å². The second kappa shape index (κ2) is 10.2. The van der Waals surface area contributed by atoms with E-state index < -0.39 is 5.82 Å². The molecule has 0 unspecified atom stereocenters. The summed E-state index contributed by atoms with van der Waals surface area (Å²) < 4.78 is 19.0. The van der Waals surface area contributed by atoms with E-state index in [0.717, 1.165) is 31.6 Å². The lowest BCUT2D eigenvalue weighted by molar-refractivity contribution is 0.201. The highest BCUT2D eigenvalue weighted by atomic mass is 35.5. The molecule has 2 heterocycles. The summed E-state index contributed by atoms with van der Waals surface area (Å²) in [6, 6.07) is 5.85. The lowest BCUT2D eigenvalue weighted by atomic mass is 10.3. The quantitative estimate of drug-likeness (QED) is 0.711. The van der Waals surface area contributed by atoms with Gasteiger partial charge >= 0.3 is 6.03 Å². The fourth-order valence-corrected chi connectivity index (χ4v) is 3.22. The number of amides is 2. The van der Waals surface area contributed by atoms with Crippen LogP contribution >= 0.6 is 11.6 Å². The first kappa shape index (κ1) is 21.1. The number of aromatic nitrogens is 2. The Morgan fingerprint density at radius 3 is 2.90 bits per heavy atom. The molecule has 0 spiro atoms. The van der Waals surface area contributed by atoms with Gasteiger partial charge in [-0.1, -0.05) is 24.9 Å². The van der Waals surface area contributed by atoms with Crippen molar-refractivity contribution in [2.75, 3.05) is 37.6 Å². The topological polar surface area (TPSA) is 70.6 Å². The zero-order valence-corrected chi connectivity index (χ0v) is 17.2. The maximum absolute atomic E-state index is 13.3. The third-order valence-corrected chi connectivity index (χ3v) is 4.94. The number of nitrogens with zero attached hydrogens (tertiary/aromatic N) is 4. The van der Waals surface area contributed by atoms with Gasteiger partial charge in [0.1, 0.15) is 23.7 Å². The molecule has 1 N–H and O–H groups in total. The van der Waals surface area contributed by atoms with Gasteiger partial charge in [0.2, 0.25) is 5.88 Å². The minimum atomic E-state index is -0.504.